The van der Waals surface area contributed by atoms with E-state index in [-0.39, 0.29) is 11.7 Å². The molecule has 31 heavy (non-hydrogen) atoms. The van der Waals surface area contributed by atoms with Crippen molar-refractivity contribution in [3.8, 4) is 11.3 Å². The van der Waals surface area contributed by atoms with Crippen LogP contribution in [0.25, 0.3) is 11.3 Å². The molecule has 0 N–H and O–H groups in total. The minimum absolute atomic E-state index is 0.00989. The molecular weight excluding hydrogens is 412 g/mol. The van der Waals surface area contributed by atoms with Gasteiger partial charge in [-0.1, -0.05) is 60.7 Å². The van der Waals surface area contributed by atoms with Crippen molar-refractivity contribution in [2.24, 2.45) is 0 Å². The van der Waals surface area contributed by atoms with Crippen LogP contribution in [0.1, 0.15) is 17.7 Å². The first kappa shape index (κ1) is 21.3. The Morgan fingerprint density at radius 2 is 1.48 bits per heavy atom. The van der Waals surface area contributed by atoms with Gasteiger partial charge in [-0.2, -0.15) is 4.31 Å². The monoisotopic (exact) mass is 438 g/mol. The van der Waals surface area contributed by atoms with E-state index in [0.717, 1.165) is 22.6 Å². The second-order valence-corrected chi connectivity index (χ2v) is 9.62. The van der Waals surface area contributed by atoms with Crippen LogP contribution in [0, 0.1) is 0 Å². The number of hydrogen-bond acceptors (Lipinski definition) is 4. The summed E-state index contributed by atoms with van der Waals surface area (Å²) in [4.78, 5) is 14.4. The molecule has 0 aliphatic carbocycles. The predicted octanol–water partition coefficient (Wildman–Crippen LogP) is 3.55. The van der Waals surface area contributed by atoms with Crippen LogP contribution in [0.3, 0.4) is 0 Å². The molecule has 1 aromatic heterocycles. The molecule has 1 fully saturated rings. The number of piperazine rings is 1. The number of sulfonamides is 1. The molecule has 7 heteroatoms. The molecule has 0 bridgehead atoms. The Bertz CT molecular complexity index is 1100. The molecule has 0 unspecified atom stereocenters. The van der Waals surface area contributed by atoms with Gasteiger partial charge in [0.25, 0.3) is 0 Å². The topological polar surface area (TPSA) is 70.8 Å². The molecule has 3 aromatic rings. The molecule has 162 valence electrons. The van der Waals surface area contributed by atoms with E-state index in [1.165, 1.54) is 4.31 Å². The Hall–Kier alpha value is -2.90. The summed E-state index contributed by atoms with van der Waals surface area (Å²) >= 11 is 0. The zero-order valence-corrected chi connectivity index (χ0v) is 18.1. The maximum atomic E-state index is 12.7. The molecular formula is C24H26N2O4S. The molecule has 0 radical (unpaired) electrons. The van der Waals surface area contributed by atoms with Crippen molar-refractivity contribution in [1.29, 1.82) is 0 Å². The fourth-order valence-electron chi connectivity index (χ4n) is 3.75. The number of nitrogens with zero attached hydrogens (tertiary/aromatic N) is 2. The fraction of sp³-hybridized carbons (Fsp3) is 0.292. The van der Waals surface area contributed by atoms with Crippen LogP contribution < -0.4 is 0 Å². The molecule has 1 saturated heterocycles. The van der Waals surface area contributed by atoms with E-state index in [2.05, 4.69) is 0 Å². The number of aryl methyl sites for hydroxylation is 1. The normalized spacial score (nSPS) is 15.2. The summed E-state index contributed by atoms with van der Waals surface area (Å²) in [5, 5.41) is 0. The largest absolute Gasteiger partial charge is 0.461 e. The van der Waals surface area contributed by atoms with Gasteiger partial charge in [0.2, 0.25) is 15.9 Å². The first-order valence-corrected chi connectivity index (χ1v) is 12.1. The summed E-state index contributed by atoms with van der Waals surface area (Å²) in [7, 11) is -3.38. The molecule has 0 saturated carbocycles. The Balaban J connectivity index is 1.26. The second-order valence-electron chi connectivity index (χ2n) is 7.65. The van der Waals surface area contributed by atoms with Gasteiger partial charge in [-0.25, -0.2) is 8.42 Å². The van der Waals surface area contributed by atoms with Crippen molar-refractivity contribution in [3.05, 3.63) is 84.1 Å². The number of furan rings is 1. The van der Waals surface area contributed by atoms with Gasteiger partial charge in [-0.05, 0) is 17.7 Å². The quantitative estimate of drug-likeness (QED) is 0.566. The lowest BCUT2D eigenvalue weighted by molar-refractivity contribution is -0.132. The van der Waals surface area contributed by atoms with Gasteiger partial charge < -0.3 is 9.32 Å². The number of amides is 1. The Morgan fingerprint density at radius 1 is 0.839 bits per heavy atom. The highest BCUT2D eigenvalue weighted by Gasteiger charge is 2.28. The first-order valence-electron chi connectivity index (χ1n) is 10.4. The van der Waals surface area contributed by atoms with Gasteiger partial charge >= 0.3 is 0 Å². The van der Waals surface area contributed by atoms with Crippen LogP contribution in [-0.4, -0.2) is 49.7 Å². The third kappa shape index (κ3) is 5.42. The Morgan fingerprint density at radius 3 is 2.16 bits per heavy atom. The zero-order chi connectivity index (χ0) is 21.7. The molecule has 2 heterocycles. The summed E-state index contributed by atoms with van der Waals surface area (Å²) in [5.41, 5.74) is 1.78. The van der Waals surface area contributed by atoms with E-state index in [1.54, 1.807) is 4.90 Å². The van der Waals surface area contributed by atoms with Crippen LogP contribution in [-0.2, 0) is 27.0 Å². The minimum atomic E-state index is -3.38. The maximum absolute atomic E-state index is 12.7. The lowest BCUT2D eigenvalue weighted by Crippen LogP contribution is -2.50. The van der Waals surface area contributed by atoms with Crippen molar-refractivity contribution in [3.63, 3.8) is 0 Å². The Labute approximate surface area is 183 Å². The predicted molar refractivity (Wildman–Crippen MR) is 120 cm³/mol. The van der Waals surface area contributed by atoms with Crippen LogP contribution >= 0.6 is 0 Å². The lowest BCUT2D eigenvalue weighted by Gasteiger charge is -2.34. The van der Waals surface area contributed by atoms with Crippen molar-refractivity contribution >= 4 is 15.9 Å². The third-order valence-corrected chi connectivity index (χ3v) is 7.33. The smallest absolute Gasteiger partial charge is 0.223 e. The van der Waals surface area contributed by atoms with E-state index in [0.29, 0.717) is 39.0 Å². The first-order chi connectivity index (χ1) is 15.0. The number of carbonyl (C=O) groups excluding carboxylic acids is 1. The van der Waals surface area contributed by atoms with Crippen molar-refractivity contribution in [2.45, 2.75) is 18.6 Å². The van der Waals surface area contributed by atoms with E-state index in [1.807, 2.05) is 72.8 Å². The van der Waals surface area contributed by atoms with E-state index < -0.39 is 10.0 Å². The van der Waals surface area contributed by atoms with Crippen LogP contribution in [0.5, 0.6) is 0 Å². The maximum Gasteiger partial charge on any atom is 0.223 e. The Kier molecular flexibility index (Phi) is 6.53. The summed E-state index contributed by atoms with van der Waals surface area (Å²) in [6.45, 7) is 1.50. The summed E-state index contributed by atoms with van der Waals surface area (Å²) in [6.07, 6.45) is 0.872. The standard InChI is InChI=1S/C24H26N2O4S/c27-24(14-12-22-11-13-23(30-22)21-9-5-2-6-10-21)25-15-17-26(18-16-25)31(28,29)19-20-7-3-1-4-8-20/h1-11,13H,12,14-19H2. The lowest BCUT2D eigenvalue weighted by atomic mass is 10.2. The van der Waals surface area contributed by atoms with E-state index >= 15 is 0 Å². The van der Waals surface area contributed by atoms with Gasteiger partial charge in [0.15, 0.2) is 0 Å². The molecule has 0 spiro atoms. The number of benzene rings is 2. The van der Waals surface area contributed by atoms with E-state index in [9.17, 15) is 13.2 Å². The third-order valence-electron chi connectivity index (χ3n) is 5.48. The highest BCUT2D eigenvalue weighted by Crippen LogP contribution is 2.22. The van der Waals surface area contributed by atoms with Gasteiger partial charge in [0, 0.05) is 44.6 Å². The van der Waals surface area contributed by atoms with Gasteiger partial charge in [0.05, 0.1) is 5.75 Å². The number of carbonyl (C=O) groups is 1. The second kappa shape index (κ2) is 9.49. The summed E-state index contributed by atoms with van der Waals surface area (Å²) in [6, 6.07) is 22.8. The highest BCUT2D eigenvalue weighted by atomic mass is 32.2. The molecule has 0 atom stereocenters. The molecule has 1 amide bonds. The van der Waals surface area contributed by atoms with Gasteiger partial charge in [-0.15, -0.1) is 0 Å². The van der Waals surface area contributed by atoms with Crippen molar-refractivity contribution in [2.75, 3.05) is 26.2 Å². The van der Waals surface area contributed by atoms with Crippen molar-refractivity contribution < 1.29 is 17.6 Å². The number of rotatable bonds is 7. The van der Waals surface area contributed by atoms with E-state index in [4.69, 9.17) is 4.42 Å². The average molecular weight is 439 g/mol. The zero-order valence-electron chi connectivity index (χ0n) is 17.3. The average Bonchev–Trinajstić information content (AvgIpc) is 3.28. The molecule has 1 aliphatic rings. The van der Waals surface area contributed by atoms with Crippen molar-refractivity contribution in [1.82, 2.24) is 9.21 Å². The van der Waals surface area contributed by atoms with Gasteiger partial charge in [0.1, 0.15) is 11.5 Å². The molecule has 6 nitrogen and oxygen atoms in total. The fourth-order valence-corrected chi connectivity index (χ4v) is 5.27. The summed E-state index contributed by atoms with van der Waals surface area (Å²) in [5.74, 6) is 1.58. The molecule has 4 rings (SSSR count). The van der Waals surface area contributed by atoms with Crippen LogP contribution in [0.2, 0.25) is 0 Å². The van der Waals surface area contributed by atoms with Crippen LogP contribution in [0.4, 0.5) is 0 Å². The molecule has 2 aromatic carbocycles. The molecule has 1 aliphatic heterocycles. The minimum Gasteiger partial charge on any atom is -0.461 e. The summed E-state index contributed by atoms with van der Waals surface area (Å²) < 4.78 is 32.7. The highest BCUT2D eigenvalue weighted by molar-refractivity contribution is 7.88. The van der Waals surface area contributed by atoms with Crippen LogP contribution in [0.15, 0.2) is 77.2 Å². The SMILES string of the molecule is O=C(CCc1ccc(-c2ccccc2)o1)N1CCN(S(=O)(=O)Cc2ccccc2)CC1. The number of hydrogen-bond donors (Lipinski definition) is 0. The van der Waals surface area contributed by atoms with Gasteiger partial charge in [-0.3, -0.25) is 4.79 Å².